The van der Waals surface area contributed by atoms with Crippen LogP contribution in [-0.2, 0) is 4.79 Å². The first-order chi connectivity index (χ1) is 17.1. The van der Waals surface area contributed by atoms with Crippen molar-refractivity contribution in [2.24, 2.45) is 0 Å². The zero-order chi connectivity index (χ0) is 26.1. The maximum Gasteiger partial charge on any atom is 0.266 e. The van der Waals surface area contributed by atoms with E-state index in [1.54, 1.807) is 38.1 Å². The van der Waals surface area contributed by atoms with E-state index in [4.69, 9.17) is 0 Å². The van der Waals surface area contributed by atoms with E-state index < -0.39 is 6.04 Å². The predicted octanol–water partition coefficient (Wildman–Crippen LogP) is 5.04. The lowest BCUT2D eigenvalue weighted by Crippen LogP contribution is -2.28. The van der Waals surface area contributed by atoms with Crippen LogP contribution >= 0.6 is 11.3 Å². The number of aromatic nitrogens is 2. The fourth-order valence-electron chi connectivity index (χ4n) is 4.05. The van der Waals surface area contributed by atoms with Crippen molar-refractivity contribution in [2.45, 2.75) is 40.7 Å². The molecule has 0 spiro atoms. The molecule has 2 amide bonds. The number of anilines is 2. The van der Waals surface area contributed by atoms with E-state index in [2.05, 4.69) is 15.6 Å². The molecule has 1 unspecified atom stereocenters. The number of thiophene rings is 1. The van der Waals surface area contributed by atoms with Gasteiger partial charge in [-0.2, -0.15) is 0 Å². The Morgan fingerprint density at radius 3 is 2.33 bits per heavy atom. The molecular formula is C27H26N4O4S. The van der Waals surface area contributed by atoms with Crippen LogP contribution in [0.25, 0.3) is 10.2 Å². The molecule has 0 bridgehead atoms. The first-order valence-corrected chi connectivity index (χ1v) is 12.2. The van der Waals surface area contributed by atoms with Gasteiger partial charge in [0.1, 0.15) is 4.83 Å². The maximum atomic E-state index is 13.4. The molecule has 0 aliphatic carbocycles. The molecular weight excluding hydrogens is 476 g/mol. The summed E-state index contributed by atoms with van der Waals surface area (Å²) in [6, 6.07) is 11.4. The SMILES string of the molecule is CC(=O)Nc1ccc(C(=O)C(C)n2cnc3sc(C(=O)Nc4ccc(C)cc4C)c(C)c3c2=O)cc1. The van der Waals surface area contributed by atoms with E-state index in [0.29, 0.717) is 37.6 Å². The number of nitrogens with one attached hydrogen (secondary N) is 2. The highest BCUT2D eigenvalue weighted by Gasteiger charge is 2.24. The summed E-state index contributed by atoms with van der Waals surface area (Å²) >= 11 is 1.15. The second-order valence-corrected chi connectivity index (χ2v) is 9.76. The fourth-order valence-corrected chi connectivity index (χ4v) is 5.09. The second-order valence-electron chi connectivity index (χ2n) is 8.76. The first kappa shape index (κ1) is 25.0. The number of benzene rings is 2. The summed E-state index contributed by atoms with van der Waals surface area (Å²) in [5, 5.41) is 5.90. The Morgan fingerprint density at radius 2 is 1.69 bits per heavy atom. The zero-order valence-corrected chi connectivity index (χ0v) is 21.4. The van der Waals surface area contributed by atoms with Gasteiger partial charge in [0, 0.05) is 23.9 Å². The molecule has 0 aliphatic rings. The Bertz CT molecular complexity index is 1570. The van der Waals surface area contributed by atoms with E-state index in [9.17, 15) is 19.2 Å². The van der Waals surface area contributed by atoms with Gasteiger partial charge in [-0.1, -0.05) is 17.7 Å². The number of hydrogen-bond acceptors (Lipinski definition) is 6. The van der Waals surface area contributed by atoms with Crippen LogP contribution in [0.2, 0.25) is 0 Å². The number of Topliss-reactive ketones (excluding diaryl/α,β-unsaturated/α-hetero) is 1. The Balaban J connectivity index is 1.63. The van der Waals surface area contributed by atoms with Crippen LogP contribution in [-0.4, -0.2) is 27.1 Å². The number of carbonyl (C=O) groups is 3. The average molecular weight is 503 g/mol. The Kier molecular flexibility index (Phi) is 6.85. The van der Waals surface area contributed by atoms with Crippen LogP contribution in [0.5, 0.6) is 0 Å². The lowest BCUT2D eigenvalue weighted by atomic mass is 10.0. The van der Waals surface area contributed by atoms with Crippen LogP contribution in [0.4, 0.5) is 11.4 Å². The maximum absolute atomic E-state index is 13.4. The summed E-state index contributed by atoms with van der Waals surface area (Å²) < 4.78 is 1.29. The van der Waals surface area contributed by atoms with E-state index in [-0.39, 0.29) is 23.2 Å². The summed E-state index contributed by atoms with van der Waals surface area (Å²) in [5.74, 6) is -0.785. The number of amides is 2. The van der Waals surface area contributed by atoms with E-state index in [1.165, 1.54) is 17.8 Å². The smallest absolute Gasteiger partial charge is 0.266 e. The van der Waals surface area contributed by atoms with Crippen molar-refractivity contribution in [3.05, 3.63) is 86.3 Å². The van der Waals surface area contributed by atoms with Gasteiger partial charge in [-0.05, 0) is 69.2 Å². The monoisotopic (exact) mass is 502 g/mol. The van der Waals surface area contributed by atoms with Crippen molar-refractivity contribution in [3.8, 4) is 0 Å². The summed E-state index contributed by atoms with van der Waals surface area (Å²) in [5.41, 5.74) is 3.88. The molecule has 4 aromatic rings. The number of nitrogens with zero attached hydrogens (tertiary/aromatic N) is 2. The molecule has 0 saturated heterocycles. The minimum absolute atomic E-state index is 0.207. The van der Waals surface area contributed by atoms with Gasteiger partial charge in [-0.3, -0.25) is 23.7 Å². The Labute approximate surface area is 212 Å². The minimum Gasteiger partial charge on any atom is -0.326 e. The van der Waals surface area contributed by atoms with Gasteiger partial charge >= 0.3 is 0 Å². The lowest BCUT2D eigenvalue weighted by Gasteiger charge is -2.14. The van der Waals surface area contributed by atoms with Crippen LogP contribution in [0, 0.1) is 20.8 Å². The fraction of sp³-hybridized carbons (Fsp3) is 0.222. The topological polar surface area (TPSA) is 110 Å². The summed E-state index contributed by atoms with van der Waals surface area (Å²) in [6.07, 6.45) is 1.35. The molecule has 4 rings (SSSR count). The van der Waals surface area contributed by atoms with Crippen molar-refractivity contribution in [2.75, 3.05) is 10.6 Å². The van der Waals surface area contributed by atoms with Crippen LogP contribution < -0.4 is 16.2 Å². The van der Waals surface area contributed by atoms with Gasteiger partial charge in [0.25, 0.3) is 11.5 Å². The van der Waals surface area contributed by atoms with Gasteiger partial charge in [0.2, 0.25) is 5.91 Å². The molecule has 184 valence electrons. The number of carbonyl (C=O) groups excluding carboxylic acids is 3. The van der Waals surface area contributed by atoms with Crippen molar-refractivity contribution < 1.29 is 14.4 Å². The molecule has 0 saturated carbocycles. The Hall–Kier alpha value is -4.11. The number of fused-ring (bicyclic) bond motifs is 1. The second kappa shape index (κ2) is 9.87. The highest BCUT2D eigenvalue weighted by molar-refractivity contribution is 7.20. The molecule has 0 aliphatic heterocycles. The minimum atomic E-state index is -0.812. The summed E-state index contributed by atoms with van der Waals surface area (Å²) in [4.78, 5) is 56.0. The Morgan fingerprint density at radius 1 is 1.00 bits per heavy atom. The number of aryl methyl sites for hydroxylation is 3. The van der Waals surface area contributed by atoms with Gasteiger partial charge in [0.15, 0.2) is 5.78 Å². The van der Waals surface area contributed by atoms with E-state index >= 15 is 0 Å². The summed E-state index contributed by atoms with van der Waals surface area (Å²) in [6.45, 7) is 8.66. The quantitative estimate of drug-likeness (QED) is 0.359. The molecule has 2 heterocycles. The average Bonchev–Trinajstić information content (AvgIpc) is 3.17. The lowest BCUT2D eigenvalue weighted by molar-refractivity contribution is -0.114. The molecule has 0 radical (unpaired) electrons. The van der Waals surface area contributed by atoms with E-state index in [1.807, 2.05) is 32.0 Å². The van der Waals surface area contributed by atoms with E-state index in [0.717, 1.165) is 22.5 Å². The van der Waals surface area contributed by atoms with Crippen molar-refractivity contribution in [1.82, 2.24) is 9.55 Å². The van der Waals surface area contributed by atoms with Gasteiger partial charge in [-0.25, -0.2) is 4.98 Å². The predicted molar refractivity (Wildman–Crippen MR) is 142 cm³/mol. The molecule has 8 nitrogen and oxygen atoms in total. The molecule has 36 heavy (non-hydrogen) atoms. The number of hydrogen-bond donors (Lipinski definition) is 2. The molecule has 9 heteroatoms. The highest BCUT2D eigenvalue weighted by atomic mass is 32.1. The van der Waals surface area contributed by atoms with Crippen LogP contribution in [0.1, 0.15) is 56.6 Å². The van der Waals surface area contributed by atoms with Gasteiger partial charge in [-0.15, -0.1) is 11.3 Å². The third-order valence-electron chi connectivity index (χ3n) is 6.00. The van der Waals surface area contributed by atoms with Gasteiger partial charge in [0.05, 0.1) is 22.6 Å². The van der Waals surface area contributed by atoms with Crippen LogP contribution in [0.15, 0.2) is 53.6 Å². The number of ketones is 1. The first-order valence-electron chi connectivity index (χ1n) is 11.4. The zero-order valence-electron chi connectivity index (χ0n) is 20.6. The van der Waals surface area contributed by atoms with Crippen molar-refractivity contribution >= 4 is 50.5 Å². The third-order valence-corrected chi connectivity index (χ3v) is 7.20. The highest BCUT2D eigenvalue weighted by Crippen LogP contribution is 2.29. The van der Waals surface area contributed by atoms with Gasteiger partial charge < -0.3 is 10.6 Å². The van der Waals surface area contributed by atoms with Crippen LogP contribution in [0.3, 0.4) is 0 Å². The normalized spacial score (nSPS) is 11.8. The molecule has 1 atom stereocenters. The molecule has 2 aromatic carbocycles. The third kappa shape index (κ3) is 4.83. The largest absolute Gasteiger partial charge is 0.326 e. The molecule has 2 aromatic heterocycles. The molecule has 2 N–H and O–H groups in total. The summed E-state index contributed by atoms with van der Waals surface area (Å²) in [7, 11) is 0. The number of rotatable bonds is 6. The van der Waals surface area contributed by atoms with Crippen molar-refractivity contribution in [1.29, 1.82) is 0 Å². The van der Waals surface area contributed by atoms with Crippen molar-refractivity contribution in [3.63, 3.8) is 0 Å². The molecule has 0 fully saturated rings. The standard InChI is InChI=1S/C27H26N4O4S/c1-14-6-11-21(15(2)12-14)30-25(34)24-16(3)22-26(36-24)28-13-31(27(22)35)17(4)23(33)19-7-9-20(10-8-19)29-18(5)32/h6-13,17H,1-5H3,(H,29,32)(H,30,34).